The van der Waals surface area contributed by atoms with Crippen LogP contribution >= 0.6 is 11.6 Å². The van der Waals surface area contributed by atoms with E-state index in [-0.39, 0.29) is 40.2 Å². The number of anilines is 1. The monoisotopic (exact) mass is 452 g/mol. The van der Waals surface area contributed by atoms with Gasteiger partial charge in [0.2, 0.25) is 15.9 Å². The van der Waals surface area contributed by atoms with E-state index in [4.69, 9.17) is 11.6 Å². The van der Waals surface area contributed by atoms with E-state index in [2.05, 4.69) is 26.1 Å². The zero-order chi connectivity index (χ0) is 22.1. The van der Waals surface area contributed by atoms with E-state index in [0.717, 1.165) is 11.6 Å². The topological polar surface area (TPSA) is 66.5 Å². The maximum Gasteiger partial charge on any atom is 0.243 e. The average Bonchev–Trinajstić information content (AvgIpc) is 2.69. The highest BCUT2D eigenvalue weighted by Gasteiger charge is 2.32. The lowest BCUT2D eigenvalue weighted by Crippen LogP contribution is -2.41. The van der Waals surface area contributed by atoms with E-state index >= 15 is 0 Å². The third kappa shape index (κ3) is 5.02. The van der Waals surface area contributed by atoms with Crippen LogP contribution in [0, 0.1) is 11.7 Å². The molecule has 1 aliphatic rings. The Morgan fingerprint density at radius 2 is 1.70 bits per heavy atom. The molecular weight excluding hydrogens is 427 g/mol. The molecule has 8 heteroatoms. The largest absolute Gasteiger partial charge is 0.325 e. The van der Waals surface area contributed by atoms with Crippen molar-refractivity contribution in [1.29, 1.82) is 0 Å². The second-order valence-electron chi connectivity index (χ2n) is 8.57. The number of nitrogens with one attached hydrogen (secondary N) is 1. The van der Waals surface area contributed by atoms with E-state index in [9.17, 15) is 17.6 Å². The number of benzene rings is 2. The number of sulfonamides is 1. The molecule has 0 aliphatic carbocycles. The molecule has 0 atom stereocenters. The highest BCUT2D eigenvalue weighted by atomic mass is 35.5. The van der Waals surface area contributed by atoms with Crippen LogP contribution in [-0.4, -0.2) is 31.7 Å². The molecule has 2 aromatic rings. The summed E-state index contributed by atoms with van der Waals surface area (Å²) in [7, 11) is -3.60. The summed E-state index contributed by atoms with van der Waals surface area (Å²) in [6, 6.07) is 10.8. The van der Waals surface area contributed by atoms with Gasteiger partial charge in [-0.1, -0.05) is 44.5 Å². The molecule has 2 aromatic carbocycles. The SMILES string of the molecule is CC(C)(C)c1ccc(S(=O)(=O)N2CCC(C(=O)Nc3ccc(F)cc3Cl)CC2)cc1. The lowest BCUT2D eigenvalue weighted by molar-refractivity contribution is -0.120. The molecule has 0 bridgehead atoms. The van der Waals surface area contributed by atoms with E-state index < -0.39 is 15.8 Å². The molecule has 162 valence electrons. The quantitative estimate of drug-likeness (QED) is 0.723. The number of amides is 1. The molecule has 5 nitrogen and oxygen atoms in total. The zero-order valence-corrected chi connectivity index (χ0v) is 18.9. The second kappa shape index (κ2) is 8.65. The number of piperidine rings is 1. The Kier molecular flexibility index (Phi) is 6.55. The van der Waals surface area contributed by atoms with Crippen molar-refractivity contribution in [3.8, 4) is 0 Å². The van der Waals surface area contributed by atoms with Crippen LogP contribution in [0.15, 0.2) is 47.4 Å². The summed E-state index contributed by atoms with van der Waals surface area (Å²) in [5, 5.41) is 2.83. The van der Waals surface area contributed by atoms with Crippen LogP contribution in [0.1, 0.15) is 39.2 Å². The van der Waals surface area contributed by atoms with Crippen molar-refractivity contribution in [2.45, 2.75) is 43.9 Å². The van der Waals surface area contributed by atoms with Crippen molar-refractivity contribution >= 4 is 33.2 Å². The van der Waals surface area contributed by atoms with Crippen LogP contribution in [-0.2, 0) is 20.2 Å². The van der Waals surface area contributed by atoms with Gasteiger partial charge >= 0.3 is 0 Å². The number of carbonyl (C=O) groups excluding carboxylic acids is 1. The number of carbonyl (C=O) groups is 1. The molecule has 0 aromatic heterocycles. The third-order valence-corrected chi connectivity index (χ3v) is 7.60. The molecule has 1 N–H and O–H groups in total. The van der Waals surface area contributed by atoms with Crippen molar-refractivity contribution in [3.63, 3.8) is 0 Å². The molecule has 1 amide bonds. The molecule has 30 heavy (non-hydrogen) atoms. The van der Waals surface area contributed by atoms with Gasteiger partial charge in [0, 0.05) is 19.0 Å². The molecular formula is C22H26ClFN2O3S. The lowest BCUT2D eigenvalue weighted by Gasteiger charge is -2.30. The molecule has 0 saturated carbocycles. The first kappa shape index (κ1) is 22.7. The first-order valence-electron chi connectivity index (χ1n) is 9.85. The molecule has 0 spiro atoms. The van der Waals surface area contributed by atoms with Crippen molar-refractivity contribution < 1.29 is 17.6 Å². The first-order chi connectivity index (χ1) is 14.0. The fourth-order valence-corrected chi connectivity index (χ4v) is 5.14. The van der Waals surface area contributed by atoms with E-state index in [0.29, 0.717) is 18.5 Å². The van der Waals surface area contributed by atoms with Crippen molar-refractivity contribution in [2.24, 2.45) is 5.92 Å². The minimum Gasteiger partial charge on any atom is -0.325 e. The number of hydrogen-bond donors (Lipinski definition) is 1. The molecule has 0 radical (unpaired) electrons. The second-order valence-corrected chi connectivity index (χ2v) is 10.9. The summed E-state index contributed by atoms with van der Waals surface area (Å²) >= 11 is 5.96. The van der Waals surface area contributed by atoms with Gasteiger partial charge in [-0.05, 0) is 54.2 Å². The van der Waals surface area contributed by atoms with Gasteiger partial charge in [-0.2, -0.15) is 4.31 Å². The highest BCUT2D eigenvalue weighted by Crippen LogP contribution is 2.29. The standard InChI is InChI=1S/C22H26ClFN2O3S/c1-22(2,3)16-4-7-18(8-5-16)30(28,29)26-12-10-15(11-13-26)21(27)25-20-9-6-17(24)14-19(20)23/h4-9,14-15H,10-13H2,1-3H3,(H,25,27). The summed E-state index contributed by atoms with van der Waals surface area (Å²) < 4.78 is 40.5. The Balaban J connectivity index is 1.63. The summed E-state index contributed by atoms with van der Waals surface area (Å²) in [6.07, 6.45) is 0.813. The average molecular weight is 453 g/mol. The Labute approximate surface area is 182 Å². The third-order valence-electron chi connectivity index (χ3n) is 5.37. The van der Waals surface area contributed by atoms with Gasteiger partial charge in [0.15, 0.2) is 0 Å². The van der Waals surface area contributed by atoms with Gasteiger partial charge in [-0.15, -0.1) is 0 Å². The van der Waals surface area contributed by atoms with Crippen LogP contribution in [0.4, 0.5) is 10.1 Å². The maximum atomic E-state index is 13.2. The van der Waals surface area contributed by atoms with Crippen LogP contribution in [0.25, 0.3) is 0 Å². The summed E-state index contributed by atoms with van der Waals surface area (Å²) in [4.78, 5) is 12.8. The minimum absolute atomic E-state index is 0.0541. The van der Waals surface area contributed by atoms with Crippen molar-refractivity contribution in [3.05, 3.63) is 58.9 Å². The number of nitrogens with zero attached hydrogens (tertiary/aromatic N) is 1. The van der Waals surface area contributed by atoms with Gasteiger partial charge in [0.1, 0.15) is 5.82 Å². The van der Waals surface area contributed by atoms with Gasteiger partial charge in [-0.25, -0.2) is 12.8 Å². The predicted molar refractivity (Wildman–Crippen MR) is 117 cm³/mol. The fraction of sp³-hybridized carbons (Fsp3) is 0.409. The highest BCUT2D eigenvalue weighted by molar-refractivity contribution is 7.89. The minimum atomic E-state index is -3.60. The normalized spacial score (nSPS) is 16.4. The number of halogens is 2. The molecule has 0 unspecified atom stereocenters. The molecule has 1 saturated heterocycles. The Bertz CT molecular complexity index is 1030. The van der Waals surface area contributed by atoms with Gasteiger partial charge < -0.3 is 5.32 Å². The van der Waals surface area contributed by atoms with E-state index in [1.165, 1.54) is 16.4 Å². The molecule has 1 fully saturated rings. The zero-order valence-electron chi connectivity index (χ0n) is 17.3. The van der Waals surface area contributed by atoms with Crippen molar-refractivity contribution in [2.75, 3.05) is 18.4 Å². The number of rotatable bonds is 4. The Morgan fingerprint density at radius 1 is 1.10 bits per heavy atom. The Morgan fingerprint density at radius 3 is 2.23 bits per heavy atom. The summed E-state index contributed by atoms with van der Waals surface area (Å²) in [6.45, 7) is 6.75. The Hall–Kier alpha value is -1.96. The maximum absolute atomic E-state index is 13.2. The van der Waals surface area contributed by atoms with Crippen LogP contribution in [0.3, 0.4) is 0 Å². The number of hydrogen-bond acceptors (Lipinski definition) is 3. The smallest absolute Gasteiger partial charge is 0.243 e. The molecule has 1 heterocycles. The van der Waals surface area contributed by atoms with Gasteiger partial charge in [-0.3, -0.25) is 4.79 Å². The van der Waals surface area contributed by atoms with Crippen LogP contribution in [0.2, 0.25) is 5.02 Å². The van der Waals surface area contributed by atoms with Gasteiger partial charge in [0.25, 0.3) is 0 Å². The first-order valence-corrected chi connectivity index (χ1v) is 11.7. The van der Waals surface area contributed by atoms with Crippen LogP contribution in [0.5, 0.6) is 0 Å². The van der Waals surface area contributed by atoms with Crippen LogP contribution < -0.4 is 5.32 Å². The van der Waals surface area contributed by atoms with Crippen molar-refractivity contribution in [1.82, 2.24) is 4.31 Å². The molecule has 1 aliphatic heterocycles. The summed E-state index contributed by atoms with van der Waals surface area (Å²) in [5.74, 6) is -1.05. The fourth-order valence-electron chi connectivity index (χ4n) is 3.46. The molecule has 3 rings (SSSR count). The van der Waals surface area contributed by atoms with E-state index in [1.807, 2.05) is 12.1 Å². The van der Waals surface area contributed by atoms with Gasteiger partial charge in [0.05, 0.1) is 15.6 Å². The predicted octanol–water partition coefficient (Wildman–Crippen LogP) is 4.82. The summed E-state index contributed by atoms with van der Waals surface area (Å²) in [5.41, 5.74) is 1.36. The van der Waals surface area contributed by atoms with E-state index in [1.54, 1.807) is 12.1 Å². The lowest BCUT2D eigenvalue weighted by atomic mass is 9.87.